The van der Waals surface area contributed by atoms with Gasteiger partial charge in [-0.3, -0.25) is 4.72 Å². The van der Waals surface area contributed by atoms with E-state index in [1.807, 2.05) is 0 Å². The van der Waals surface area contributed by atoms with E-state index < -0.39 is 21.8 Å². The molecule has 1 fully saturated rings. The fourth-order valence-corrected chi connectivity index (χ4v) is 5.63. The van der Waals surface area contributed by atoms with Crippen molar-refractivity contribution in [2.45, 2.75) is 42.0 Å². The summed E-state index contributed by atoms with van der Waals surface area (Å²) in [6.07, 6.45) is 1.38. The van der Waals surface area contributed by atoms with E-state index in [1.54, 1.807) is 12.3 Å². The summed E-state index contributed by atoms with van der Waals surface area (Å²) < 4.78 is 71.7. The maximum atomic E-state index is 12.8. The molecular weight excluding hydrogens is 425 g/mol. The molecule has 3 aromatic rings. The van der Waals surface area contributed by atoms with E-state index in [2.05, 4.69) is 9.71 Å². The van der Waals surface area contributed by atoms with Crippen molar-refractivity contribution < 1.29 is 26.0 Å². The highest BCUT2D eigenvalue weighted by atomic mass is 32.2. The molecule has 0 spiro atoms. The molecular formula is C19H17F3N2O3S2. The van der Waals surface area contributed by atoms with Crippen LogP contribution in [0.5, 0.6) is 0 Å². The number of aromatic nitrogens is 1. The first-order chi connectivity index (χ1) is 13.7. The van der Waals surface area contributed by atoms with Gasteiger partial charge in [-0.25, -0.2) is 13.4 Å². The number of oxazole rings is 1. The van der Waals surface area contributed by atoms with Crippen LogP contribution in [0.15, 0.2) is 51.2 Å². The molecule has 0 amide bonds. The minimum atomic E-state index is -4.55. The molecule has 29 heavy (non-hydrogen) atoms. The highest BCUT2D eigenvalue weighted by Gasteiger charge is 2.31. The van der Waals surface area contributed by atoms with Gasteiger partial charge in [0.2, 0.25) is 0 Å². The Kier molecular flexibility index (Phi) is 5.16. The van der Waals surface area contributed by atoms with Gasteiger partial charge in [0.25, 0.3) is 10.0 Å². The number of thiophene rings is 1. The van der Waals surface area contributed by atoms with Crippen molar-refractivity contribution in [1.29, 1.82) is 0 Å². The Labute approximate surface area is 169 Å². The van der Waals surface area contributed by atoms with Crippen molar-refractivity contribution in [2.75, 3.05) is 4.72 Å². The summed E-state index contributed by atoms with van der Waals surface area (Å²) in [6, 6.07) is 7.06. The van der Waals surface area contributed by atoms with E-state index in [9.17, 15) is 21.6 Å². The molecule has 2 aromatic heterocycles. The fraction of sp³-hybridized carbons (Fsp3) is 0.316. The van der Waals surface area contributed by atoms with Crippen LogP contribution in [0.1, 0.15) is 43.1 Å². The number of anilines is 1. The van der Waals surface area contributed by atoms with Gasteiger partial charge in [0.15, 0.2) is 11.7 Å². The number of nitrogens with one attached hydrogen (secondary N) is 1. The monoisotopic (exact) mass is 442 g/mol. The van der Waals surface area contributed by atoms with Crippen LogP contribution in [0.25, 0.3) is 10.6 Å². The third-order valence-electron chi connectivity index (χ3n) is 4.76. The molecule has 1 aliphatic rings. The maximum absolute atomic E-state index is 12.8. The predicted octanol–water partition coefficient (Wildman–Crippen LogP) is 5.88. The predicted molar refractivity (Wildman–Crippen MR) is 103 cm³/mol. The SMILES string of the molecule is O=S(=O)(Nc1cccc(C(F)(F)F)c1)c1ccc(-c2cnc(C3CCCC3)o2)s1. The lowest BCUT2D eigenvalue weighted by atomic mass is 10.1. The minimum Gasteiger partial charge on any atom is -0.440 e. The number of hydrogen-bond donors (Lipinski definition) is 1. The Hall–Kier alpha value is -2.33. The Bertz CT molecular complexity index is 1110. The summed E-state index contributed by atoms with van der Waals surface area (Å²) in [7, 11) is -4.03. The molecule has 0 unspecified atom stereocenters. The maximum Gasteiger partial charge on any atom is 0.416 e. The van der Waals surface area contributed by atoms with Crippen LogP contribution in [0.3, 0.4) is 0 Å². The highest BCUT2D eigenvalue weighted by molar-refractivity contribution is 7.94. The lowest BCUT2D eigenvalue weighted by molar-refractivity contribution is -0.137. The van der Waals surface area contributed by atoms with Crippen molar-refractivity contribution in [1.82, 2.24) is 4.98 Å². The Balaban J connectivity index is 1.54. The van der Waals surface area contributed by atoms with Crippen LogP contribution in [-0.4, -0.2) is 13.4 Å². The Morgan fingerprint density at radius 3 is 2.62 bits per heavy atom. The molecule has 0 atom stereocenters. The van der Waals surface area contributed by atoms with E-state index in [4.69, 9.17) is 4.42 Å². The van der Waals surface area contributed by atoms with E-state index in [0.717, 1.165) is 55.2 Å². The third-order valence-corrected chi connectivity index (χ3v) is 7.73. The minimum absolute atomic E-state index is 0.0243. The second-order valence-corrected chi connectivity index (χ2v) is 9.84. The Morgan fingerprint density at radius 2 is 1.90 bits per heavy atom. The number of hydrogen-bond acceptors (Lipinski definition) is 5. The molecule has 0 aliphatic heterocycles. The van der Waals surface area contributed by atoms with Gasteiger partial charge >= 0.3 is 6.18 Å². The molecule has 1 saturated carbocycles. The van der Waals surface area contributed by atoms with Crippen LogP contribution < -0.4 is 4.72 Å². The molecule has 0 radical (unpaired) electrons. The number of nitrogens with zero attached hydrogens (tertiary/aromatic N) is 1. The zero-order valence-corrected chi connectivity index (χ0v) is 16.7. The van der Waals surface area contributed by atoms with Gasteiger partial charge in [-0.05, 0) is 43.2 Å². The first-order valence-electron chi connectivity index (χ1n) is 8.98. The van der Waals surface area contributed by atoms with Crippen molar-refractivity contribution in [2.24, 2.45) is 0 Å². The first kappa shape index (κ1) is 20.0. The second kappa shape index (κ2) is 7.49. The average molecular weight is 442 g/mol. The molecule has 154 valence electrons. The standard InChI is InChI=1S/C19H17F3N2O3S2/c20-19(21,22)13-6-3-7-14(10-13)24-29(25,26)17-9-8-16(28-17)15-11-23-18(27-15)12-4-1-2-5-12/h3,6-12,24H,1-2,4-5H2. The van der Waals surface area contributed by atoms with Crippen molar-refractivity contribution in [3.05, 3.63) is 54.0 Å². The molecule has 0 bridgehead atoms. The topological polar surface area (TPSA) is 72.2 Å². The number of benzene rings is 1. The van der Waals surface area contributed by atoms with Crippen LogP contribution in [0.4, 0.5) is 18.9 Å². The number of halogens is 3. The summed E-state index contributed by atoms with van der Waals surface area (Å²) >= 11 is 0.971. The van der Waals surface area contributed by atoms with E-state index in [0.29, 0.717) is 22.4 Å². The van der Waals surface area contributed by atoms with Crippen LogP contribution in [0.2, 0.25) is 0 Å². The Morgan fingerprint density at radius 1 is 1.14 bits per heavy atom. The summed E-state index contributed by atoms with van der Waals surface area (Å²) in [5.41, 5.74) is -1.08. The van der Waals surface area contributed by atoms with Gasteiger partial charge in [0, 0.05) is 11.6 Å². The van der Waals surface area contributed by atoms with Gasteiger partial charge in [0.1, 0.15) is 4.21 Å². The molecule has 10 heteroatoms. The van der Waals surface area contributed by atoms with E-state index in [1.165, 1.54) is 12.1 Å². The largest absolute Gasteiger partial charge is 0.440 e. The molecule has 2 heterocycles. The summed E-state index contributed by atoms with van der Waals surface area (Å²) in [4.78, 5) is 4.90. The van der Waals surface area contributed by atoms with Gasteiger partial charge in [-0.1, -0.05) is 18.9 Å². The lowest BCUT2D eigenvalue weighted by Gasteiger charge is -2.10. The van der Waals surface area contributed by atoms with Gasteiger partial charge in [0.05, 0.1) is 16.6 Å². The third kappa shape index (κ3) is 4.32. The summed E-state index contributed by atoms with van der Waals surface area (Å²) in [5.74, 6) is 1.45. The fourth-order valence-electron chi connectivity index (χ4n) is 3.32. The molecule has 5 nitrogen and oxygen atoms in total. The number of rotatable bonds is 5. The zero-order chi connectivity index (χ0) is 20.6. The smallest absolute Gasteiger partial charge is 0.416 e. The quantitative estimate of drug-likeness (QED) is 0.536. The molecule has 0 saturated heterocycles. The highest BCUT2D eigenvalue weighted by Crippen LogP contribution is 2.38. The normalized spacial score (nSPS) is 15.7. The van der Waals surface area contributed by atoms with Crippen LogP contribution >= 0.6 is 11.3 Å². The van der Waals surface area contributed by atoms with E-state index in [-0.39, 0.29) is 9.90 Å². The average Bonchev–Trinajstić information content (AvgIpc) is 3.40. The molecule has 1 aromatic carbocycles. The number of sulfonamides is 1. The first-order valence-corrected chi connectivity index (χ1v) is 11.3. The van der Waals surface area contributed by atoms with Crippen LogP contribution in [0, 0.1) is 0 Å². The summed E-state index contributed by atoms with van der Waals surface area (Å²) in [5, 5.41) is 0. The van der Waals surface area contributed by atoms with Crippen LogP contribution in [-0.2, 0) is 16.2 Å². The van der Waals surface area contributed by atoms with Gasteiger partial charge in [-0.2, -0.15) is 13.2 Å². The van der Waals surface area contributed by atoms with Crippen molar-refractivity contribution in [3.8, 4) is 10.6 Å². The number of alkyl halides is 3. The van der Waals surface area contributed by atoms with Crippen molar-refractivity contribution >= 4 is 27.0 Å². The van der Waals surface area contributed by atoms with E-state index >= 15 is 0 Å². The van der Waals surface area contributed by atoms with Crippen molar-refractivity contribution in [3.63, 3.8) is 0 Å². The molecule has 4 rings (SSSR count). The van der Waals surface area contributed by atoms with Gasteiger partial charge < -0.3 is 4.42 Å². The zero-order valence-electron chi connectivity index (χ0n) is 15.1. The summed E-state index contributed by atoms with van der Waals surface area (Å²) in [6.45, 7) is 0. The molecule has 1 aliphatic carbocycles. The van der Waals surface area contributed by atoms with Gasteiger partial charge in [-0.15, -0.1) is 11.3 Å². The molecule has 1 N–H and O–H groups in total. The lowest BCUT2D eigenvalue weighted by Crippen LogP contribution is -2.12. The second-order valence-electron chi connectivity index (χ2n) is 6.85.